The van der Waals surface area contributed by atoms with Crippen LogP contribution in [0.3, 0.4) is 0 Å². The quantitative estimate of drug-likeness (QED) is 0.779. The maximum absolute atomic E-state index is 14.1. The molecule has 3 rings (SSSR count). The predicted molar refractivity (Wildman–Crippen MR) is 88.3 cm³/mol. The van der Waals surface area contributed by atoms with E-state index < -0.39 is 5.82 Å². The second-order valence-corrected chi connectivity index (χ2v) is 5.06. The third kappa shape index (κ3) is 3.01. The zero-order valence-electron chi connectivity index (χ0n) is 13.2. The van der Waals surface area contributed by atoms with Gasteiger partial charge in [-0.05, 0) is 12.1 Å². The fraction of sp³-hybridized carbons (Fsp3) is 0.176. The lowest BCUT2D eigenvalue weighted by molar-refractivity contribution is 0.352. The molecule has 0 spiro atoms. The topological polar surface area (TPSA) is 64.9 Å². The summed E-state index contributed by atoms with van der Waals surface area (Å²) in [5.74, 6) is 0.237. The molecule has 0 aliphatic carbocycles. The number of ether oxygens (including phenoxy) is 2. The molecule has 0 atom stereocenters. The van der Waals surface area contributed by atoms with Crippen LogP contribution in [0.25, 0.3) is 5.65 Å². The Morgan fingerprint density at radius 2 is 1.92 bits per heavy atom. The summed E-state index contributed by atoms with van der Waals surface area (Å²) in [5, 5.41) is 2.93. The molecule has 0 bridgehead atoms. The molecule has 0 unspecified atom stereocenters. The molecule has 0 fully saturated rings. The highest BCUT2D eigenvalue weighted by molar-refractivity contribution is 5.56. The first-order valence-electron chi connectivity index (χ1n) is 7.25. The first kappa shape index (κ1) is 15.8. The highest BCUT2D eigenvalue weighted by atomic mass is 19.1. The van der Waals surface area contributed by atoms with E-state index in [0.717, 1.165) is 0 Å². The van der Waals surface area contributed by atoms with Crippen LogP contribution in [0.15, 0.2) is 47.4 Å². The monoisotopic (exact) mass is 329 g/mol. The molecule has 124 valence electrons. The van der Waals surface area contributed by atoms with Gasteiger partial charge in [0, 0.05) is 24.4 Å². The van der Waals surface area contributed by atoms with E-state index in [4.69, 9.17) is 9.47 Å². The molecule has 1 N–H and O–H groups in total. The number of aromatic nitrogens is 2. The Bertz CT molecular complexity index is 940. The zero-order valence-corrected chi connectivity index (χ0v) is 13.2. The lowest BCUT2D eigenvalue weighted by Crippen LogP contribution is -2.16. The lowest BCUT2D eigenvalue weighted by atomic mass is 10.2. The van der Waals surface area contributed by atoms with E-state index in [1.54, 1.807) is 24.4 Å². The third-order valence-electron chi connectivity index (χ3n) is 3.56. The Morgan fingerprint density at radius 3 is 2.67 bits per heavy atom. The van der Waals surface area contributed by atoms with E-state index in [2.05, 4.69) is 10.3 Å². The van der Waals surface area contributed by atoms with Crippen molar-refractivity contribution in [3.8, 4) is 11.5 Å². The van der Waals surface area contributed by atoms with Crippen molar-refractivity contribution >= 4 is 11.3 Å². The fourth-order valence-electron chi connectivity index (χ4n) is 2.37. The number of halogens is 1. The largest absolute Gasteiger partial charge is 0.493 e. The van der Waals surface area contributed by atoms with Crippen molar-refractivity contribution in [3.63, 3.8) is 0 Å². The Morgan fingerprint density at radius 1 is 1.17 bits per heavy atom. The fourth-order valence-corrected chi connectivity index (χ4v) is 2.37. The van der Waals surface area contributed by atoms with Gasteiger partial charge in [0.05, 0.1) is 32.1 Å². The number of fused-ring (bicyclic) bond motifs is 1. The average molecular weight is 329 g/mol. The molecule has 0 aliphatic rings. The van der Waals surface area contributed by atoms with Crippen LogP contribution in [0, 0.1) is 5.82 Å². The van der Waals surface area contributed by atoms with Gasteiger partial charge in [0.1, 0.15) is 11.5 Å². The minimum atomic E-state index is -0.481. The summed E-state index contributed by atoms with van der Waals surface area (Å²) < 4.78 is 25.8. The van der Waals surface area contributed by atoms with Crippen LogP contribution >= 0.6 is 0 Å². The first-order valence-corrected chi connectivity index (χ1v) is 7.25. The predicted octanol–water partition coefficient (Wildman–Crippen LogP) is 2.46. The summed E-state index contributed by atoms with van der Waals surface area (Å²) in [6.45, 7) is 0.201. The molecule has 1 aromatic carbocycles. The number of anilines is 1. The second-order valence-electron chi connectivity index (χ2n) is 5.06. The summed E-state index contributed by atoms with van der Waals surface area (Å²) in [5.41, 5.74) is 1.10. The number of hydrogen-bond donors (Lipinski definition) is 1. The third-order valence-corrected chi connectivity index (χ3v) is 3.56. The molecule has 0 aliphatic heterocycles. The molecule has 24 heavy (non-hydrogen) atoms. The summed E-state index contributed by atoms with van der Waals surface area (Å²) in [6, 6.07) is 9.45. The molecule has 3 aromatic rings. The van der Waals surface area contributed by atoms with Crippen molar-refractivity contribution < 1.29 is 13.9 Å². The van der Waals surface area contributed by atoms with Gasteiger partial charge in [-0.1, -0.05) is 6.07 Å². The number of rotatable bonds is 5. The van der Waals surface area contributed by atoms with Crippen molar-refractivity contribution in [2.24, 2.45) is 0 Å². The summed E-state index contributed by atoms with van der Waals surface area (Å²) in [7, 11) is 2.92. The standard InChI is InChI=1S/C17H16FN3O3/c1-23-14-8-12(18)13(9-15(14)24-2)19-10-11-7-17(22)21-6-4-3-5-16(21)20-11/h3-9,19H,10H2,1-2H3. The Labute approximate surface area is 137 Å². The molecule has 0 amide bonds. The SMILES string of the molecule is COc1cc(F)c(NCc2cc(=O)n3ccccc3n2)cc1OC. The van der Waals surface area contributed by atoms with E-state index in [0.29, 0.717) is 22.8 Å². The van der Waals surface area contributed by atoms with Crippen LogP contribution < -0.4 is 20.3 Å². The van der Waals surface area contributed by atoms with Gasteiger partial charge in [-0.3, -0.25) is 9.20 Å². The molecule has 2 heterocycles. The number of nitrogens with one attached hydrogen (secondary N) is 1. The van der Waals surface area contributed by atoms with E-state index in [1.165, 1.54) is 36.8 Å². The minimum absolute atomic E-state index is 0.190. The smallest absolute Gasteiger partial charge is 0.258 e. The molecular weight excluding hydrogens is 313 g/mol. The normalized spacial score (nSPS) is 10.6. The number of hydrogen-bond acceptors (Lipinski definition) is 5. The molecule has 0 saturated heterocycles. The lowest BCUT2D eigenvalue weighted by Gasteiger charge is -2.12. The Kier molecular flexibility index (Phi) is 4.33. The molecule has 0 radical (unpaired) electrons. The van der Waals surface area contributed by atoms with Crippen LogP contribution in [-0.2, 0) is 6.54 Å². The van der Waals surface area contributed by atoms with Crippen molar-refractivity contribution in [3.05, 3.63) is 64.5 Å². The highest BCUT2D eigenvalue weighted by Crippen LogP contribution is 2.32. The van der Waals surface area contributed by atoms with E-state index >= 15 is 0 Å². The van der Waals surface area contributed by atoms with Crippen molar-refractivity contribution in [1.29, 1.82) is 0 Å². The van der Waals surface area contributed by atoms with E-state index in [9.17, 15) is 9.18 Å². The van der Waals surface area contributed by atoms with Gasteiger partial charge in [0.2, 0.25) is 0 Å². The van der Waals surface area contributed by atoms with Crippen LogP contribution in [-0.4, -0.2) is 23.6 Å². The van der Waals surface area contributed by atoms with Gasteiger partial charge in [-0.2, -0.15) is 0 Å². The van der Waals surface area contributed by atoms with Crippen LogP contribution in [0.5, 0.6) is 11.5 Å². The minimum Gasteiger partial charge on any atom is -0.493 e. The van der Waals surface area contributed by atoms with Crippen molar-refractivity contribution in [2.45, 2.75) is 6.54 Å². The summed E-state index contributed by atoms with van der Waals surface area (Å²) in [6.07, 6.45) is 1.65. The number of methoxy groups -OCH3 is 2. The van der Waals surface area contributed by atoms with Crippen molar-refractivity contribution in [2.75, 3.05) is 19.5 Å². The number of nitrogens with zero attached hydrogens (tertiary/aromatic N) is 2. The second kappa shape index (κ2) is 6.57. The van der Waals surface area contributed by atoms with Gasteiger partial charge in [-0.15, -0.1) is 0 Å². The molecule has 6 nitrogen and oxygen atoms in total. The maximum Gasteiger partial charge on any atom is 0.258 e. The highest BCUT2D eigenvalue weighted by Gasteiger charge is 2.11. The van der Waals surface area contributed by atoms with Crippen LogP contribution in [0.2, 0.25) is 0 Å². The molecule has 7 heteroatoms. The van der Waals surface area contributed by atoms with E-state index in [-0.39, 0.29) is 17.8 Å². The van der Waals surface area contributed by atoms with Crippen LogP contribution in [0.4, 0.5) is 10.1 Å². The number of benzene rings is 1. The molecular formula is C17H16FN3O3. The number of pyridine rings is 1. The van der Waals surface area contributed by atoms with Gasteiger partial charge < -0.3 is 14.8 Å². The van der Waals surface area contributed by atoms with Crippen molar-refractivity contribution in [1.82, 2.24) is 9.38 Å². The van der Waals surface area contributed by atoms with E-state index in [1.807, 2.05) is 0 Å². The summed E-state index contributed by atoms with van der Waals surface area (Å²) >= 11 is 0. The maximum atomic E-state index is 14.1. The Hall–Kier alpha value is -3.09. The molecule has 0 saturated carbocycles. The van der Waals surface area contributed by atoms with Gasteiger partial charge in [0.25, 0.3) is 5.56 Å². The average Bonchev–Trinajstić information content (AvgIpc) is 2.60. The molecule has 2 aromatic heterocycles. The van der Waals surface area contributed by atoms with Gasteiger partial charge >= 0.3 is 0 Å². The first-order chi connectivity index (χ1) is 11.6. The van der Waals surface area contributed by atoms with Gasteiger partial charge in [0.15, 0.2) is 11.5 Å². The zero-order chi connectivity index (χ0) is 17.1. The summed E-state index contributed by atoms with van der Waals surface area (Å²) in [4.78, 5) is 16.4. The van der Waals surface area contributed by atoms with Gasteiger partial charge in [-0.25, -0.2) is 9.37 Å². The van der Waals surface area contributed by atoms with Crippen LogP contribution in [0.1, 0.15) is 5.69 Å². The Balaban J connectivity index is 1.87.